The molecule has 0 radical (unpaired) electrons. The molecule has 0 aliphatic carbocycles. The average Bonchev–Trinajstić information content (AvgIpc) is 2.52. The van der Waals surface area contributed by atoms with Crippen molar-refractivity contribution in [2.24, 2.45) is 0 Å². The van der Waals surface area contributed by atoms with Crippen LogP contribution in [0, 0.1) is 0 Å². The van der Waals surface area contributed by atoms with E-state index in [0.717, 1.165) is 18.4 Å². The average molecular weight is 217 g/mol. The first-order valence-corrected chi connectivity index (χ1v) is 4.82. The fourth-order valence-corrected chi connectivity index (χ4v) is 1.14. The molecule has 0 spiro atoms. The maximum Gasteiger partial charge on any atom is 0.0539 e. The van der Waals surface area contributed by atoms with Crippen LogP contribution in [0.25, 0.3) is 0 Å². The van der Waals surface area contributed by atoms with Crippen molar-refractivity contribution in [1.82, 2.24) is 9.88 Å². The van der Waals surface area contributed by atoms with E-state index in [0.29, 0.717) is 0 Å². The molecule has 11 heavy (non-hydrogen) atoms. The van der Waals surface area contributed by atoms with Gasteiger partial charge in [-0.15, -0.1) is 0 Å². The molecule has 0 amide bonds. The first-order valence-electron chi connectivity index (χ1n) is 3.69. The van der Waals surface area contributed by atoms with Gasteiger partial charge in [0.25, 0.3) is 0 Å². The zero-order valence-corrected chi connectivity index (χ0v) is 8.26. The number of nitrogens with zero attached hydrogens (tertiary/aromatic N) is 1. The molecule has 1 heterocycles. The van der Waals surface area contributed by atoms with Gasteiger partial charge in [0.15, 0.2) is 0 Å². The fourth-order valence-electron chi connectivity index (χ4n) is 0.894. The van der Waals surface area contributed by atoms with Crippen molar-refractivity contribution >= 4 is 15.9 Å². The van der Waals surface area contributed by atoms with Gasteiger partial charge in [0.1, 0.15) is 0 Å². The summed E-state index contributed by atoms with van der Waals surface area (Å²) in [6, 6.07) is 4.14. The first-order chi connectivity index (χ1) is 5.33. The Labute approximate surface area is 75.7 Å². The van der Waals surface area contributed by atoms with E-state index in [2.05, 4.69) is 38.9 Å². The third-order valence-electron chi connectivity index (χ3n) is 1.63. The lowest BCUT2D eigenvalue weighted by molar-refractivity contribution is 0.400. The summed E-state index contributed by atoms with van der Waals surface area (Å²) in [5, 5.41) is 0. The summed E-state index contributed by atoms with van der Waals surface area (Å²) < 4.78 is 0. The molecule has 3 heteroatoms. The van der Waals surface area contributed by atoms with Crippen LogP contribution in [0.2, 0.25) is 0 Å². The van der Waals surface area contributed by atoms with Crippen LogP contribution in [0.4, 0.5) is 0 Å². The van der Waals surface area contributed by atoms with Crippen molar-refractivity contribution in [3.8, 4) is 0 Å². The highest BCUT2D eigenvalue weighted by Gasteiger charge is 1.96. The van der Waals surface area contributed by atoms with E-state index in [1.807, 2.05) is 12.3 Å². The molecule has 1 rings (SSSR count). The fraction of sp³-hybridized carbons (Fsp3) is 0.500. The van der Waals surface area contributed by atoms with Gasteiger partial charge in [-0.1, -0.05) is 15.9 Å². The molecular formula is C8H13BrN2. The Bertz CT molecular complexity index is 184. The summed E-state index contributed by atoms with van der Waals surface area (Å²) in [6.45, 7) is 1.09. The van der Waals surface area contributed by atoms with Gasteiger partial charge >= 0.3 is 0 Å². The number of halogens is 1. The van der Waals surface area contributed by atoms with Crippen LogP contribution in [0.15, 0.2) is 18.3 Å². The molecule has 0 aliphatic rings. The molecule has 1 N–H and O–H groups in total. The lowest BCUT2D eigenvalue weighted by Crippen LogP contribution is -2.18. The first kappa shape index (κ1) is 8.81. The Hall–Kier alpha value is -0.280. The van der Waals surface area contributed by atoms with Crippen molar-refractivity contribution in [2.75, 3.05) is 19.0 Å². The maximum atomic E-state index is 3.39. The Morgan fingerprint density at radius 2 is 2.45 bits per heavy atom. The molecule has 0 saturated carbocycles. The van der Waals surface area contributed by atoms with Crippen molar-refractivity contribution < 1.29 is 0 Å². The predicted octanol–water partition coefficient (Wildman–Crippen LogP) is 1.84. The predicted molar refractivity (Wildman–Crippen MR) is 50.9 cm³/mol. The molecule has 62 valence electrons. The largest absolute Gasteiger partial charge is 0.365 e. The summed E-state index contributed by atoms with van der Waals surface area (Å²) in [7, 11) is 2.09. The lowest BCUT2D eigenvalue weighted by atomic mass is 10.3. The summed E-state index contributed by atoms with van der Waals surface area (Å²) in [5.74, 6) is 0. The topological polar surface area (TPSA) is 19.0 Å². The van der Waals surface area contributed by atoms with Gasteiger partial charge < -0.3 is 4.98 Å². The molecule has 0 aliphatic heterocycles. The van der Waals surface area contributed by atoms with Crippen LogP contribution in [-0.4, -0.2) is 28.9 Å². The monoisotopic (exact) mass is 216 g/mol. The third kappa shape index (κ3) is 3.08. The van der Waals surface area contributed by atoms with Crippen LogP contribution in [0.3, 0.4) is 0 Å². The lowest BCUT2D eigenvalue weighted by Gasteiger charge is -2.10. The SMILES string of the molecule is CN(CBr)CCc1ccc[nH]1. The van der Waals surface area contributed by atoms with E-state index in [1.54, 1.807) is 0 Å². The molecule has 1 aromatic rings. The Kier molecular flexibility index (Phi) is 3.66. The van der Waals surface area contributed by atoms with Crippen molar-refractivity contribution in [3.63, 3.8) is 0 Å². The van der Waals surface area contributed by atoms with Crippen LogP contribution in [0.1, 0.15) is 5.69 Å². The molecule has 0 saturated heterocycles. The van der Waals surface area contributed by atoms with Crippen LogP contribution < -0.4 is 0 Å². The smallest absolute Gasteiger partial charge is 0.0539 e. The van der Waals surface area contributed by atoms with E-state index in [-0.39, 0.29) is 0 Å². The standard InChI is InChI=1S/C8H13BrN2/c1-11(7-9)6-4-8-3-2-5-10-8/h2-3,5,10H,4,6-7H2,1H3. The Morgan fingerprint density at radius 3 is 3.00 bits per heavy atom. The summed E-state index contributed by atoms with van der Waals surface area (Å²) in [4.78, 5) is 5.40. The summed E-state index contributed by atoms with van der Waals surface area (Å²) in [5.41, 5.74) is 2.24. The molecule has 0 unspecified atom stereocenters. The van der Waals surface area contributed by atoms with Crippen molar-refractivity contribution in [2.45, 2.75) is 6.42 Å². The van der Waals surface area contributed by atoms with Gasteiger partial charge in [-0.25, -0.2) is 0 Å². The third-order valence-corrected chi connectivity index (χ3v) is 2.49. The summed E-state index contributed by atoms with van der Waals surface area (Å²) >= 11 is 3.39. The number of rotatable bonds is 4. The number of hydrogen-bond acceptors (Lipinski definition) is 1. The van der Waals surface area contributed by atoms with E-state index in [1.165, 1.54) is 5.69 Å². The quantitative estimate of drug-likeness (QED) is 0.602. The van der Waals surface area contributed by atoms with Gasteiger partial charge in [-0.2, -0.15) is 0 Å². The summed E-state index contributed by atoms with van der Waals surface area (Å²) in [6.07, 6.45) is 3.05. The van der Waals surface area contributed by atoms with Crippen LogP contribution in [-0.2, 0) is 6.42 Å². The van der Waals surface area contributed by atoms with Gasteiger partial charge in [0.2, 0.25) is 0 Å². The van der Waals surface area contributed by atoms with E-state index in [4.69, 9.17) is 0 Å². The van der Waals surface area contributed by atoms with Gasteiger partial charge in [0.05, 0.1) is 5.45 Å². The molecule has 1 aromatic heterocycles. The van der Waals surface area contributed by atoms with Gasteiger partial charge in [-0.3, -0.25) is 4.90 Å². The van der Waals surface area contributed by atoms with E-state index in [9.17, 15) is 0 Å². The molecular weight excluding hydrogens is 204 g/mol. The molecule has 0 fully saturated rings. The number of alkyl halides is 1. The van der Waals surface area contributed by atoms with E-state index < -0.39 is 0 Å². The second kappa shape index (κ2) is 4.57. The van der Waals surface area contributed by atoms with Crippen molar-refractivity contribution in [3.05, 3.63) is 24.0 Å². The van der Waals surface area contributed by atoms with Gasteiger partial charge in [0, 0.05) is 24.9 Å². The van der Waals surface area contributed by atoms with Gasteiger partial charge in [-0.05, 0) is 19.2 Å². The number of hydrogen-bond donors (Lipinski definition) is 1. The van der Waals surface area contributed by atoms with E-state index >= 15 is 0 Å². The Balaban J connectivity index is 2.23. The zero-order chi connectivity index (χ0) is 8.10. The minimum absolute atomic E-state index is 0.938. The molecule has 2 nitrogen and oxygen atoms in total. The molecule has 0 bridgehead atoms. The highest BCUT2D eigenvalue weighted by atomic mass is 79.9. The molecule has 0 aromatic carbocycles. The molecule has 0 atom stereocenters. The van der Waals surface area contributed by atoms with Crippen LogP contribution >= 0.6 is 15.9 Å². The highest BCUT2D eigenvalue weighted by molar-refractivity contribution is 9.09. The maximum absolute atomic E-state index is 3.39. The highest BCUT2D eigenvalue weighted by Crippen LogP contribution is 1.97. The number of aromatic nitrogens is 1. The van der Waals surface area contributed by atoms with Crippen LogP contribution in [0.5, 0.6) is 0 Å². The number of aromatic amines is 1. The second-order valence-electron chi connectivity index (χ2n) is 2.64. The zero-order valence-electron chi connectivity index (χ0n) is 6.68. The number of nitrogens with one attached hydrogen (secondary N) is 1. The second-order valence-corrected chi connectivity index (χ2v) is 3.15. The minimum Gasteiger partial charge on any atom is -0.365 e. The Morgan fingerprint density at radius 1 is 1.64 bits per heavy atom. The minimum atomic E-state index is 0.938. The number of H-pyrrole nitrogens is 1. The normalized spacial score (nSPS) is 10.8. The number of likely N-dealkylation sites (N-methyl/N-ethyl adjacent to an activating group) is 1. The van der Waals surface area contributed by atoms with Crippen molar-refractivity contribution in [1.29, 1.82) is 0 Å².